The lowest BCUT2D eigenvalue weighted by Crippen LogP contribution is -2.56. The molecule has 3 fully saturated rings. The highest BCUT2D eigenvalue weighted by Crippen LogP contribution is 2.45. The van der Waals surface area contributed by atoms with Crippen molar-refractivity contribution in [3.8, 4) is 11.5 Å². The van der Waals surface area contributed by atoms with Gasteiger partial charge in [-0.05, 0) is 55.7 Å². The number of hydrogen-bond acceptors (Lipinski definition) is 9. The quantitative estimate of drug-likeness (QED) is 0.281. The fraction of sp³-hybridized carbons (Fsp3) is 0.400. The number of sulfonamides is 1. The van der Waals surface area contributed by atoms with Gasteiger partial charge in [0.25, 0.3) is 11.8 Å². The standard InChI is InChI=1S/C30H31FN4O8S/c1-2-18-15-30(18,29(39)34-44(40,41)22-7-8-22)32-27(37)25-14-21(16-35(25)28(38)17-4-3-5-20(36)12-17)43-33-24-10-11-42-26-9-6-19(31)13-23(24)26/h2-6,9,12-13,18,21-22,25,36H,1,7-8,10-11,14-16H2,(H,32,37)(H,34,39)/b33-24+/t18-,21?,25?,30+/m1/s1. The number of carbonyl (C=O) groups is 3. The minimum atomic E-state index is -3.87. The molecular weight excluding hydrogens is 595 g/mol. The van der Waals surface area contributed by atoms with E-state index in [0.29, 0.717) is 42.9 Å². The van der Waals surface area contributed by atoms with Gasteiger partial charge in [-0.3, -0.25) is 19.1 Å². The highest BCUT2D eigenvalue weighted by atomic mass is 32.2. The van der Waals surface area contributed by atoms with E-state index in [4.69, 9.17) is 9.57 Å². The maximum atomic E-state index is 13.9. The predicted octanol–water partition coefficient (Wildman–Crippen LogP) is 1.99. The zero-order valence-electron chi connectivity index (χ0n) is 23.6. The SMILES string of the molecule is C=C[C@@H]1C[C@@]1(NC(=O)C1CC(O/N=C2\CCOc3ccc(F)cc32)CN1C(=O)c1cccc(O)c1)C(=O)NS(=O)(=O)C1CC1. The maximum absolute atomic E-state index is 13.9. The molecule has 14 heteroatoms. The van der Waals surface area contributed by atoms with Crippen molar-refractivity contribution in [3.63, 3.8) is 0 Å². The Morgan fingerprint density at radius 3 is 2.70 bits per heavy atom. The molecule has 232 valence electrons. The van der Waals surface area contributed by atoms with Crippen LogP contribution in [0.5, 0.6) is 11.5 Å². The Labute approximate surface area is 252 Å². The van der Waals surface area contributed by atoms with Crippen LogP contribution in [0.15, 0.2) is 60.3 Å². The summed E-state index contributed by atoms with van der Waals surface area (Å²) in [5.41, 5.74) is -0.518. The monoisotopic (exact) mass is 626 g/mol. The van der Waals surface area contributed by atoms with Gasteiger partial charge in [0.1, 0.15) is 35.0 Å². The van der Waals surface area contributed by atoms with Gasteiger partial charge in [0.15, 0.2) is 0 Å². The summed E-state index contributed by atoms with van der Waals surface area (Å²) >= 11 is 0. The molecule has 2 saturated carbocycles. The molecule has 3 N–H and O–H groups in total. The third-order valence-electron chi connectivity index (χ3n) is 8.33. The summed E-state index contributed by atoms with van der Waals surface area (Å²) in [6, 6.07) is 8.61. The van der Waals surface area contributed by atoms with Crippen LogP contribution in [-0.4, -0.2) is 77.9 Å². The van der Waals surface area contributed by atoms with Crippen molar-refractivity contribution in [2.24, 2.45) is 11.1 Å². The van der Waals surface area contributed by atoms with Crippen LogP contribution in [0.3, 0.4) is 0 Å². The fourth-order valence-corrected chi connectivity index (χ4v) is 7.01. The Hall–Kier alpha value is -4.46. The van der Waals surface area contributed by atoms with Gasteiger partial charge < -0.3 is 24.9 Å². The van der Waals surface area contributed by atoms with Crippen LogP contribution in [0, 0.1) is 11.7 Å². The van der Waals surface area contributed by atoms with E-state index in [2.05, 4.69) is 21.8 Å². The van der Waals surface area contributed by atoms with Crippen LogP contribution in [-0.2, 0) is 24.4 Å². The number of oxime groups is 1. The first-order valence-electron chi connectivity index (χ1n) is 14.3. The Kier molecular flexibility index (Phi) is 7.56. The Bertz CT molecular complexity index is 1680. The van der Waals surface area contributed by atoms with E-state index < -0.39 is 62.4 Å². The van der Waals surface area contributed by atoms with E-state index in [1.54, 1.807) is 0 Å². The minimum Gasteiger partial charge on any atom is -0.508 e. The second kappa shape index (κ2) is 11.2. The lowest BCUT2D eigenvalue weighted by Gasteiger charge is -2.26. The molecule has 0 aromatic heterocycles. The van der Waals surface area contributed by atoms with Crippen molar-refractivity contribution in [1.82, 2.24) is 14.9 Å². The molecule has 6 rings (SSSR count). The molecule has 1 saturated heterocycles. The highest BCUT2D eigenvalue weighted by molar-refractivity contribution is 7.91. The second-order valence-electron chi connectivity index (χ2n) is 11.4. The van der Waals surface area contributed by atoms with Crippen LogP contribution in [0.25, 0.3) is 0 Å². The lowest BCUT2D eigenvalue weighted by atomic mass is 10.0. The number of benzene rings is 2. The van der Waals surface area contributed by atoms with Crippen LogP contribution in [0.1, 0.15) is 48.0 Å². The average molecular weight is 627 g/mol. The number of rotatable bonds is 9. The van der Waals surface area contributed by atoms with E-state index >= 15 is 0 Å². The van der Waals surface area contributed by atoms with Gasteiger partial charge in [0, 0.05) is 29.9 Å². The van der Waals surface area contributed by atoms with Crippen LogP contribution < -0.4 is 14.8 Å². The number of nitrogens with zero attached hydrogens (tertiary/aromatic N) is 2. The molecule has 0 radical (unpaired) electrons. The number of amides is 3. The minimum absolute atomic E-state index is 0.00347. The van der Waals surface area contributed by atoms with E-state index in [0.717, 1.165) is 0 Å². The zero-order valence-corrected chi connectivity index (χ0v) is 24.4. The fourth-order valence-electron chi connectivity index (χ4n) is 5.65. The molecule has 0 spiro atoms. The normalized spacial score (nSPS) is 26.7. The number of phenols is 1. The van der Waals surface area contributed by atoms with Gasteiger partial charge >= 0.3 is 0 Å². The molecule has 12 nitrogen and oxygen atoms in total. The summed E-state index contributed by atoms with van der Waals surface area (Å²) in [6.07, 6.45) is 2.13. The summed E-state index contributed by atoms with van der Waals surface area (Å²) in [7, 11) is -3.87. The number of halogens is 1. The van der Waals surface area contributed by atoms with Crippen LogP contribution >= 0.6 is 0 Å². The molecule has 2 heterocycles. The van der Waals surface area contributed by atoms with Crippen molar-refractivity contribution < 1.29 is 41.9 Å². The third kappa shape index (κ3) is 5.73. The third-order valence-corrected chi connectivity index (χ3v) is 10.1. The van der Waals surface area contributed by atoms with Gasteiger partial charge in [-0.2, -0.15) is 0 Å². The van der Waals surface area contributed by atoms with E-state index in [9.17, 15) is 32.3 Å². The van der Waals surface area contributed by atoms with Crippen LogP contribution in [0.4, 0.5) is 4.39 Å². The van der Waals surface area contributed by atoms with Crippen molar-refractivity contribution in [2.75, 3.05) is 13.2 Å². The molecule has 44 heavy (non-hydrogen) atoms. The number of likely N-dealkylation sites (tertiary alicyclic amines) is 1. The number of carbonyl (C=O) groups excluding carboxylic acids is 3. The molecule has 3 amide bonds. The summed E-state index contributed by atoms with van der Waals surface area (Å²) in [6.45, 7) is 3.96. The van der Waals surface area contributed by atoms with Gasteiger partial charge in [-0.25, -0.2) is 12.8 Å². The highest BCUT2D eigenvalue weighted by Gasteiger charge is 2.62. The summed E-state index contributed by atoms with van der Waals surface area (Å²) in [5, 5.41) is 16.3. The maximum Gasteiger partial charge on any atom is 0.259 e. The molecule has 2 unspecified atom stereocenters. The Morgan fingerprint density at radius 1 is 1.20 bits per heavy atom. The molecule has 2 aliphatic heterocycles. The number of fused-ring (bicyclic) bond motifs is 1. The predicted molar refractivity (Wildman–Crippen MR) is 155 cm³/mol. The van der Waals surface area contributed by atoms with Gasteiger partial charge in [0.05, 0.1) is 24.1 Å². The number of nitrogens with one attached hydrogen (secondary N) is 2. The molecule has 4 aliphatic rings. The molecule has 2 aromatic carbocycles. The number of hydrogen-bond donors (Lipinski definition) is 3. The smallest absolute Gasteiger partial charge is 0.259 e. The van der Waals surface area contributed by atoms with Gasteiger partial charge in [-0.1, -0.05) is 17.3 Å². The van der Waals surface area contributed by atoms with E-state index in [-0.39, 0.29) is 30.7 Å². The van der Waals surface area contributed by atoms with Crippen molar-refractivity contribution in [2.45, 2.75) is 55.0 Å². The summed E-state index contributed by atoms with van der Waals surface area (Å²) in [5.74, 6) is -2.76. The second-order valence-corrected chi connectivity index (χ2v) is 13.4. The molecule has 2 aromatic rings. The first-order valence-corrected chi connectivity index (χ1v) is 15.8. The Morgan fingerprint density at radius 2 is 2.00 bits per heavy atom. The number of phenolic OH excluding ortho intramolecular Hbond substituents is 1. The van der Waals surface area contributed by atoms with Gasteiger partial charge in [0.2, 0.25) is 15.9 Å². The molecule has 4 atom stereocenters. The first kappa shape index (κ1) is 29.6. The average Bonchev–Trinajstić information content (AvgIpc) is 3.92. The number of aromatic hydroxyl groups is 1. The largest absolute Gasteiger partial charge is 0.508 e. The van der Waals surface area contributed by atoms with E-state index in [1.165, 1.54) is 53.4 Å². The molecule has 2 aliphatic carbocycles. The topological polar surface area (TPSA) is 164 Å². The van der Waals surface area contributed by atoms with Crippen molar-refractivity contribution in [1.29, 1.82) is 0 Å². The summed E-state index contributed by atoms with van der Waals surface area (Å²) in [4.78, 5) is 47.6. The lowest BCUT2D eigenvalue weighted by molar-refractivity contribution is -0.131. The molecule has 0 bridgehead atoms. The first-order chi connectivity index (χ1) is 21.0. The van der Waals surface area contributed by atoms with Crippen molar-refractivity contribution in [3.05, 3.63) is 72.1 Å². The zero-order chi connectivity index (χ0) is 31.2. The van der Waals surface area contributed by atoms with Crippen LogP contribution in [0.2, 0.25) is 0 Å². The number of ether oxygens (including phenoxy) is 1. The molecular formula is C30H31FN4O8S. The summed E-state index contributed by atoms with van der Waals surface area (Å²) < 4.78 is 46.6. The Balaban J connectivity index is 1.24. The van der Waals surface area contributed by atoms with Crippen molar-refractivity contribution >= 4 is 33.5 Å². The van der Waals surface area contributed by atoms with E-state index in [1.807, 2.05) is 0 Å². The van der Waals surface area contributed by atoms with Gasteiger partial charge in [-0.15, -0.1) is 6.58 Å².